The van der Waals surface area contributed by atoms with Crippen LogP contribution in [-0.4, -0.2) is 14.2 Å². The highest BCUT2D eigenvalue weighted by molar-refractivity contribution is 7.89. The van der Waals surface area contributed by atoms with E-state index < -0.39 is 10.0 Å². The van der Waals surface area contributed by atoms with Crippen molar-refractivity contribution in [1.29, 1.82) is 0 Å². The summed E-state index contributed by atoms with van der Waals surface area (Å²) in [6.07, 6.45) is 1.74. The van der Waals surface area contributed by atoms with Crippen molar-refractivity contribution in [1.82, 2.24) is 4.72 Å². The van der Waals surface area contributed by atoms with Crippen LogP contribution in [0.5, 0.6) is 0 Å². The highest BCUT2D eigenvalue weighted by Crippen LogP contribution is 2.24. The SMILES string of the molecule is CC(C)Cc1ccc(C2CCS(=O)(=O)N2)cc1. The fraction of sp³-hybridized carbons (Fsp3) is 0.538. The van der Waals surface area contributed by atoms with Gasteiger partial charge in [-0.3, -0.25) is 0 Å². The number of hydrogen-bond acceptors (Lipinski definition) is 2. The third-order valence-corrected chi connectivity index (χ3v) is 4.44. The fourth-order valence-corrected chi connectivity index (χ4v) is 3.55. The molecule has 1 aromatic rings. The van der Waals surface area contributed by atoms with Crippen LogP contribution in [0.2, 0.25) is 0 Å². The lowest BCUT2D eigenvalue weighted by Gasteiger charge is -2.11. The first kappa shape index (κ1) is 12.6. The Kier molecular flexibility index (Phi) is 3.54. The molecule has 94 valence electrons. The maximum absolute atomic E-state index is 11.3. The number of hydrogen-bond donors (Lipinski definition) is 1. The minimum Gasteiger partial charge on any atom is -0.212 e. The zero-order valence-electron chi connectivity index (χ0n) is 10.3. The van der Waals surface area contributed by atoms with E-state index in [1.54, 1.807) is 0 Å². The van der Waals surface area contributed by atoms with E-state index in [0.29, 0.717) is 12.3 Å². The standard InChI is InChI=1S/C13H19NO2S/c1-10(2)9-11-3-5-12(6-4-11)13-7-8-17(15,16)14-13/h3-6,10,13-14H,7-9H2,1-2H3. The Morgan fingerprint density at radius 2 is 1.94 bits per heavy atom. The maximum atomic E-state index is 11.3. The highest BCUT2D eigenvalue weighted by Gasteiger charge is 2.27. The van der Waals surface area contributed by atoms with Gasteiger partial charge in [-0.15, -0.1) is 0 Å². The van der Waals surface area contributed by atoms with E-state index in [2.05, 4.69) is 30.7 Å². The molecule has 3 nitrogen and oxygen atoms in total. The third-order valence-electron chi connectivity index (χ3n) is 3.02. The van der Waals surface area contributed by atoms with Gasteiger partial charge in [0.25, 0.3) is 0 Å². The summed E-state index contributed by atoms with van der Waals surface area (Å²) in [4.78, 5) is 0. The molecule has 1 aromatic carbocycles. The van der Waals surface area contributed by atoms with Crippen molar-refractivity contribution in [2.24, 2.45) is 5.92 Å². The predicted octanol–water partition coefficient (Wildman–Crippen LogP) is 2.25. The molecule has 1 fully saturated rings. The third kappa shape index (κ3) is 3.30. The van der Waals surface area contributed by atoms with Gasteiger partial charge in [0.2, 0.25) is 10.0 Å². The van der Waals surface area contributed by atoms with Crippen LogP contribution in [0.1, 0.15) is 37.4 Å². The average Bonchev–Trinajstić information content (AvgIpc) is 2.59. The van der Waals surface area contributed by atoms with E-state index in [0.717, 1.165) is 12.0 Å². The zero-order chi connectivity index (χ0) is 12.5. The molecule has 2 rings (SSSR count). The van der Waals surface area contributed by atoms with Gasteiger partial charge >= 0.3 is 0 Å². The lowest BCUT2D eigenvalue weighted by molar-refractivity contribution is 0.586. The number of rotatable bonds is 3. The van der Waals surface area contributed by atoms with Crippen LogP contribution in [0, 0.1) is 5.92 Å². The number of sulfonamides is 1. The van der Waals surface area contributed by atoms with Gasteiger partial charge in [0.1, 0.15) is 0 Å². The van der Waals surface area contributed by atoms with Crippen molar-refractivity contribution in [3.8, 4) is 0 Å². The summed E-state index contributed by atoms with van der Waals surface area (Å²) in [6, 6.07) is 8.24. The summed E-state index contributed by atoms with van der Waals surface area (Å²) in [7, 11) is -3.02. The molecule has 0 saturated carbocycles. The lowest BCUT2D eigenvalue weighted by atomic mass is 9.99. The zero-order valence-corrected chi connectivity index (χ0v) is 11.1. The number of nitrogens with one attached hydrogen (secondary N) is 1. The minimum absolute atomic E-state index is 0.0342. The van der Waals surface area contributed by atoms with Gasteiger partial charge in [0.15, 0.2) is 0 Å². The summed E-state index contributed by atoms with van der Waals surface area (Å²) in [5, 5.41) is 0. The molecule has 0 radical (unpaired) electrons. The Hall–Kier alpha value is -0.870. The first-order valence-electron chi connectivity index (χ1n) is 6.05. The van der Waals surface area contributed by atoms with Crippen molar-refractivity contribution in [3.63, 3.8) is 0 Å². The quantitative estimate of drug-likeness (QED) is 0.898. The van der Waals surface area contributed by atoms with Crippen molar-refractivity contribution in [3.05, 3.63) is 35.4 Å². The Balaban J connectivity index is 2.08. The predicted molar refractivity (Wildman–Crippen MR) is 69.3 cm³/mol. The second-order valence-electron chi connectivity index (χ2n) is 5.12. The van der Waals surface area contributed by atoms with Crippen LogP contribution >= 0.6 is 0 Å². The van der Waals surface area contributed by atoms with Crippen LogP contribution in [0.3, 0.4) is 0 Å². The second-order valence-corrected chi connectivity index (χ2v) is 6.99. The van der Waals surface area contributed by atoms with Gasteiger partial charge in [0.05, 0.1) is 5.75 Å². The second kappa shape index (κ2) is 4.78. The van der Waals surface area contributed by atoms with Gasteiger partial charge in [0, 0.05) is 6.04 Å². The van der Waals surface area contributed by atoms with Gasteiger partial charge in [-0.05, 0) is 29.9 Å². The Labute approximate surface area is 103 Å². The Morgan fingerprint density at radius 3 is 2.41 bits per heavy atom. The van der Waals surface area contributed by atoms with E-state index in [1.165, 1.54) is 5.56 Å². The maximum Gasteiger partial charge on any atom is 0.212 e. The van der Waals surface area contributed by atoms with Crippen LogP contribution in [0.4, 0.5) is 0 Å². The molecule has 0 bridgehead atoms. The molecule has 1 heterocycles. The van der Waals surface area contributed by atoms with Gasteiger partial charge in [-0.1, -0.05) is 38.1 Å². The molecule has 0 amide bonds. The molecule has 0 spiro atoms. The van der Waals surface area contributed by atoms with E-state index in [1.807, 2.05) is 12.1 Å². The molecular formula is C13H19NO2S. The van der Waals surface area contributed by atoms with E-state index >= 15 is 0 Å². The summed E-state index contributed by atoms with van der Waals surface area (Å²) in [5.74, 6) is 0.886. The molecule has 1 N–H and O–H groups in total. The van der Waals surface area contributed by atoms with Crippen molar-refractivity contribution in [2.75, 3.05) is 5.75 Å². The number of benzene rings is 1. The van der Waals surface area contributed by atoms with Crippen LogP contribution in [-0.2, 0) is 16.4 Å². The normalized spacial score (nSPS) is 23.1. The largest absolute Gasteiger partial charge is 0.212 e. The van der Waals surface area contributed by atoms with Crippen LogP contribution in [0.15, 0.2) is 24.3 Å². The van der Waals surface area contributed by atoms with Crippen LogP contribution < -0.4 is 4.72 Å². The van der Waals surface area contributed by atoms with Gasteiger partial charge in [-0.2, -0.15) is 0 Å². The molecule has 1 atom stereocenters. The molecule has 1 unspecified atom stereocenters. The molecular weight excluding hydrogens is 234 g/mol. The van der Waals surface area contributed by atoms with Crippen LogP contribution in [0.25, 0.3) is 0 Å². The summed E-state index contributed by atoms with van der Waals surface area (Å²) in [6.45, 7) is 4.39. The van der Waals surface area contributed by atoms with Gasteiger partial charge in [-0.25, -0.2) is 13.1 Å². The smallest absolute Gasteiger partial charge is 0.212 e. The monoisotopic (exact) mass is 253 g/mol. The molecule has 0 aromatic heterocycles. The highest BCUT2D eigenvalue weighted by atomic mass is 32.2. The van der Waals surface area contributed by atoms with Crippen molar-refractivity contribution < 1.29 is 8.42 Å². The molecule has 0 aliphatic carbocycles. The topological polar surface area (TPSA) is 46.2 Å². The molecule has 4 heteroatoms. The van der Waals surface area contributed by atoms with E-state index in [9.17, 15) is 8.42 Å². The molecule has 1 aliphatic heterocycles. The minimum atomic E-state index is -3.02. The lowest BCUT2D eigenvalue weighted by Crippen LogP contribution is -2.19. The molecule has 17 heavy (non-hydrogen) atoms. The van der Waals surface area contributed by atoms with Crippen molar-refractivity contribution >= 4 is 10.0 Å². The Bertz CT molecular complexity index is 477. The first-order chi connectivity index (χ1) is 7.96. The summed E-state index contributed by atoms with van der Waals surface area (Å²) < 4.78 is 25.3. The fourth-order valence-electron chi connectivity index (χ4n) is 2.20. The molecule has 1 saturated heterocycles. The molecule has 1 aliphatic rings. The van der Waals surface area contributed by atoms with E-state index in [4.69, 9.17) is 0 Å². The summed E-state index contributed by atoms with van der Waals surface area (Å²) >= 11 is 0. The first-order valence-corrected chi connectivity index (χ1v) is 7.70. The summed E-state index contributed by atoms with van der Waals surface area (Å²) in [5.41, 5.74) is 2.38. The van der Waals surface area contributed by atoms with Gasteiger partial charge < -0.3 is 0 Å². The van der Waals surface area contributed by atoms with E-state index in [-0.39, 0.29) is 11.8 Å². The Morgan fingerprint density at radius 1 is 1.29 bits per heavy atom. The average molecular weight is 253 g/mol. The van der Waals surface area contributed by atoms with Crippen molar-refractivity contribution in [2.45, 2.75) is 32.7 Å².